The lowest BCUT2D eigenvalue weighted by Gasteiger charge is -2.40. The summed E-state index contributed by atoms with van der Waals surface area (Å²) in [5.41, 5.74) is 9.29. The highest BCUT2D eigenvalue weighted by molar-refractivity contribution is 7.25. The molecule has 0 saturated heterocycles. The van der Waals surface area contributed by atoms with E-state index >= 15 is 0 Å². The Labute approximate surface area is 298 Å². The fraction of sp³-hybridized carbons (Fsp3) is 0.0217. The second-order valence-electron chi connectivity index (χ2n) is 13.1. The summed E-state index contributed by atoms with van der Waals surface area (Å²) in [4.78, 5) is 15.2. The second kappa shape index (κ2) is 10.8. The van der Waals surface area contributed by atoms with E-state index in [1.165, 1.54) is 42.4 Å². The molecular weight excluding hydrogens is 643 g/mol. The van der Waals surface area contributed by atoms with E-state index in [2.05, 4.69) is 103 Å². The van der Waals surface area contributed by atoms with Crippen molar-refractivity contribution in [2.24, 2.45) is 0 Å². The van der Waals surface area contributed by atoms with E-state index in [9.17, 15) is 0 Å². The van der Waals surface area contributed by atoms with Crippen LogP contribution in [-0.4, -0.2) is 15.0 Å². The maximum absolute atomic E-state index is 7.01. The van der Waals surface area contributed by atoms with Crippen molar-refractivity contribution in [1.82, 2.24) is 15.0 Å². The maximum atomic E-state index is 7.01. The first-order chi connectivity index (χ1) is 25.3. The fourth-order valence-electron chi connectivity index (χ4n) is 8.24. The van der Waals surface area contributed by atoms with Gasteiger partial charge >= 0.3 is 0 Å². The van der Waals surface area contributed by atoms with Gasteiger partial charge in [0.05, 0.1) is 11.0 Å². The Bertz CT molecular complexity index is 2790. The Morgan fingerprint density at radius 2 is 1.02 bits per heavy atom. The summed E-state index contributed by atoms with van der Waals surface area (Å²) < 4.78 is 9.59. The maximum Gasteiger partial charge on any atom is 0.167 e. The third-order valence-electron chi connectivity index (χ3n) is 10.4. The molecule has 2 aliphatic rings. The summed E-state index contributed by atoms with van der Waals surface area (Å²) in [6.07, 6.45) is 0. The zero-order chi connectivity index (χ0) is 33.5. The number of para-hydroxylation sites is 2. The van der Waals surface area contributed by atoms with Crippen LogP contribution in [-0.2, 0) is 5.41 Å². The van der Waals surface area contributed by atoms with Crippen LogP contribution < -0.4 is 4.74 Å². The van der Waals surface area contributed by atoms with Crippen molar-refractivity contribution in [2.45, 2.75) is 5.41 Å². The molecular formula is C46H27N3OS. The van der Waals surface area contributed by atoms with Crippen molar-refractivity contribution in [2.75, 3.05) is 0 Å². The molecule has 11 rings (SSSR count). The number of benzene rings is 7. The van der Waals surface area contributed by atoms with Gasteiger partial charge in [0, 0.05) is 42.4 Å². The fourth-order valence-corrected chi connectivity index (χ4v) is 9.37. The minimum absolute atomic E-state index is 0.570. The highest BCUT2D eigenvalue weighted by Crippen LogP contribution is 2.64. The molecule has 1 spiro atoms. The number of fused-ring (bicyclic) bond motifs is 12. The summed E-state index contributed by atoms with van der Waals surface area (Å²) in [7, 11) is 0. The number of hydrogen-bond acceptors (Lipinski definition) is 5. The number of thiophene rings is 1. The van der Waals surface area contributed by atoms with Crippen molar-refractivity contribution in [1.29, 1.82) is 0 Å². The highest BCUT2D eigenvalue weighted by atomic mass is 32.1. The summed E-state index contributed by atoms with van der Waals surface area (Å²) >= 11 is 1.86. The zero-order valence-corrected chi connectivity index (χ0v) is 28.1. The minimum Gasteiger partial charge on any atom is -0.456 e. The molecule has 5 heteroatoms. The molecule has 1 aliphatic heterocycles. The topological polar surface area (TPSA) is 47.9 Å². The molecule has 238 valence electrons. The van der Waals surface area contributed by atoms with Gasteiger partial charge in [0.1, 0.15) is 11.5 Å². The minimum atomic E-state index is -0.617. The van der Waals surface area contributed by atoms with Gasteiger partial charge in [0.25, 0.3) is 0 Å². The third kappa shape index (κ3) is 4.04. The molecule has 0 amide bonds. The number of ether oxygens (including phenoxy) is 1. The van der Waals surface area contributed by atoms with Gasteiger partial charge in [0.15, 0.2) is 17.5 Å². The molecule has 0 saturated carbocycles. The van der Waals surface area contributed by atoms with Crippen LogP contribution in [0.25, 0.3) is 65.5 Å². The number of hydrogen-bond donors (Lipinski definition) is 0. The Balaban J connectivity index is 1.22. The van der Waals surface area contributed by atoms with Crippen LogP contribution in [0.2, 0.25) is 0 Å². The van der Waals surface area contributed by atoms with E-state index in [4.69, 9.17) is 19.7 Å². The molecule has 0 N–H and O–H groups in total. The molecule has 0 radical (unpaired) electrons. The molecule has 0 fully saturated rings. The van der Waals surface area contributed by atoms with Crippen molar-refractivity contribution < 1.29 is 4.74 Å². The average molecular weight is 670 g/mol. The molecule has 0 bridgehead atoms. The van der Waals surface area contributed by atoms with Crippen LogP contribution in [0.4, 0.5) is 0 Å². The molecule has 2 aromatic heterocycles. The number of rotatable bonds is 3. The number of aromatic nitrogens is 3. The first-order valence-electron chi connectivity index (χ1n) is 17.1. The summed E-state index contributed by atoms with van der Waals surface area (Å²) in [6.45, 7) is 0. The molecule has 1 atom stereocenters. The highest BCUT2D eigenvalue weighted by Gasteiger charge is 2.51. The van der Waals surface area contributed by atoms with Crippen LogP contribution in [0.15, 0.2) is 164 Å². The predicted molar refractivity (Wildman–Crippen MR) is 206 cm³/mol. The quantitative estimate of drug-likeness (QED) is 0.188. The Morgan fingerprint density at radius 1 is 0.412 bits per heavy atom. The van der Waals surface area contributed by atoms with Gasteiger partial charge in [-0.05, 0) is 52.6 Å². The standard InChI is InChI=1S/C46H27N3OS/c1-3-14-28(15-4-1)43-47-44(29-16-5-2-6-17-29)49-45(48-43)32-20-13-23-37-42(32)50-39-24-11-10-22-36(39)46(37)35-21-9-7-18-30(35)33-26-34-31-19-8-12-25-40(31)51-41(34)27-38(33)46/h1-27H. The molecule has 3 heterocycles. The summed E-state index contributed by atoms with van der Waals surface area (Å²) in [5, 5.41) is 2.59. The lowest BCUT2D eigenvalue weighted by atomic mass is 9.65. The van der Waals surface area contributed by atoms with Gasteiger partial charge in [0.2, 0.25) is 0 Å². The molecule has 1 aliphatic carbocycles. The van der Waals surface area contributed by atoms with Crippen molar-refractivity contribution >= 4 is 31.5 Å². The zero-order valence-electron chi connectivity index (χ0n) is 27.2. The average Bonchev–Trinajstić information content (AvgIpc) is 3.70. The van der Waals surface area contributed by atoms with Gasteiger partial charge in [-0.25, -0.2) is 15.0 Å². The molecule has 51 heavy (non-hydrogen) atoms. The molecule has 1 unspecified atom stereocenters. The van der Waals surface area contributed by atoms with Crippen LogP contribution in [0.5, 0.6) is 11.5 Å². The Morgan fingerprint density at radius 3 is 1.80 bits per heavy atom. The van der Waals surface area contributed by atoms with E-state index in [1.54, 1.807) is 0 Å². The van der Waals surface area contributed by atoms with E-state index in [-0.39, 0.29) is 0 Å². The van der Waals surface area contributed by atoms with Gasteiger partial charge in [-0.1, -0.05) is 133 Å². The molecule has 7 aromatic carbocycles. The second-order valence-corrected chi connectivity index (χ2v) is 14.2. The number of nitrogens with zero attached hydrogens (tertiary/aromatic N) is 3. The normalized spacial score (nSPS) is 15.3. The smallest absolute Gasteiger partial charge is 0.167 e. The van der Waals surface area contributed by atoms with E-state index in [1.807, 2.05) is 72.0 Å². The van der Waals surface area contributed by atoms with Gasteiger partial charge in [-0.2, -0.15) is 0 Å². The molecule has 9 aromatic rings. The van der Waals surface area contributed by atoms with Gasteiger partial charge < -0.3 is 4.74 Å². The van der Waals surface area contributed by atoms with Crippen LogP contribution in [0, 0.1) is 0 Å². The van der Waals surface area contributed by atoms with Gasteiger partial charge in [-0.3, -0.25) is 0 Å². The first-order valence-corrected chi connectivity index (χ1v) is 17.9. The summed E-state index contributed by atoms with van der Waals surface area (Å²) in [6, 6.07) is 57.6. The predicted octanol–water partition coefficient (Wildman–Crippen LogP) is 11.7. The monoisotopic (exact) mass is 669 g/mol. The van der Waals surface area contributed by atoms with Crippen molar-refractivity contribution in [3.63, 3.8) is 0 Å². The largest absolute Gasteiger partial charge is 0.456 e. The lowest BCUT2D eigenvalue weighted by Crippen LogP contribution is -2.32. The SMILES string of the molecule is c1ccc(-c2nc(-c3ccccc3)nc(-c3cccc4c3Oc3ccccc3C43c4ccccc4-c4cc5c(cc43)sc3ccccc35)n2)cc1. The lowest BCUT2D eigenvalue weighted by molar-refractivity contribution is 0.438. The Hall–Kier alpha value is -6.43. The summed E-state index contributed by atoms with van der Waals surface area (Å²) in [5.74, 6) is 3.40. The van der Waals surface area contributed by atoms with Crippen molar-refractivity contribution in [3.05, 3.63) is 186 Å². The molecule has 4 nitrogen and oxygen atoms in total. The van der Waals surface area contributed by atoms with Crippen molar-refractivity contribution in [3.8, 4) is 56.8 Å². The van der Waals surface area contributed by atoms with E-state index < -0.39 is 5.41 Å². The van der Waals surface area contributed by atoms with Crippen LogP contribution in [0.1, 0.15) is 22.3 Å². The Kier molecular flexibility index (Phi) is 6.01. The van der Waals surface area contributed by atoms with E-state index in [0.29, 0.717) is 17.5 Å². The third-order valence-corrected chi connectivity index (χ3v) is 11.5. The van der Waals surface area contributed by atoms with Crippen LogP contribution >= 0.6 is 11.3 Å². The first kappa shape index (κ1) is 28.4. The van der Waals surface area contributed by atoms with Crippen LogP contribution in [0.3, 0.4) is 0 Å². The van der Waals surface area contributed by atoms with Gasteiger partial charge in [-0.15, -0.1) is 11.3 Å². The van der Waals surface area contributed by atoms with E-state index in [0.717, 1.165) is 39.3 Å².